The quantitative estimate of drug-likeness (QED) is 0.558. The van der Waals surface area contributed by atoms with E-state index in [4.69, 9.17) is 11.6 Å². The Morgan fingerprint density at radius 2 is 1.61 bits per heavy atom. The fourth-order valence-corrected chi connectivity index (χ4v) is 5.36. The lowest BCUT2D eigenvalue weighted by Crippen LogP contribution is -2.48. The molecule has 0 aromatic heterocycles. The number of carbonyl (C=O) groups excluding carboxylic acids is 1. The molecule has 1 aliphatic heterocycles. The highest BCUT2D eigenvalue weighted by molar-refractivity contribution is 7.89. The van der Waals surface area contributed by atoms with E-state index in [1.54, 1.807) is 12.1 Å². The first-order valence-electron chi connectivity index (χ1n) is 10.5. The van der Waals surface area contributed by atoms with Crippen LogP contribution in [0.2, 0.25) is 5.02 Å². The molecule has 1 aliphatic rings. The van der Waals surface area contributed by atoms with Crippen molar-refractivity contribution in [1.29, 1.82) is 0 Å². The minimum Gasteiger partial charge on any atom is -0.508 e. The van der Waals surface area contributed by atoms with E-state index in [1.807, 2.05) is 30.3 Å². The summed E-state index contributed by atoms with van der Waals surface area (Å²) in [6, 6.07) is 20.5. The number of para-hydroxylation sites is 1. The van der Waals surface area contributed by atoms with Crippen LogP contribution in [0.4, 0.5) is 5.69 Å². The van der Waals surface area contributed by atoms with Crippen molar-refractivity contribution in [3.63, 3.8) is 0 Å². The molecule has 7 nitrogen and oxygen atoms in total. The zero-order chi connectivity index (χ0) is 23.4. The zero-order valence-corrected chi connectivity index (χ0v) is 19.4. The Bertz CT molecular complexity index is 1230. The van der Waals surface area contributed by atoms with Gasteiger partial charge in [-0.1, -0.05) is 41.9 Å². The van der Waals surface area contributed by atoms with E-state index in [9.17, 15) is 18.3 Å². The Labute approximate surface area is 198 Å². The van der Waals surface area contributed by atoms with Crippen molar-refractivity contribution in [2.45, 2.75) is 11.4 Å². The second-order valence-electron chi connectivity index (χ2n) is 7.72. The van der Waals surface area contributed by atoms with Crippen molar-refractivity contribution in [1.82, 2.24) is 9.62 Å². The molecule has 0 radical (unpaired) electrons. The number of anilines is 1. The number of halogens is 1. The summed E-state index contributed by atoms with van der Waals surface area (Å²) in [5.41, 5.74) is 1.95. The largest absolute Gasteiger partial charge is 0.508 e. The third-order valence-electron chi connectivity index (χ3n) is 5.57. The fourth-order valence-electron chi connectivity index (χ4n) is 3.70. The summed E-state index contributed by atoms with van der Waals surface area (Å²) in [4.78, 5) is 14.9. The number of piperazine rings is 1. The van der Waals surface area contributed by atoms with Gasteiger partial charge in [-0.25, -0.2) is 8.42 Å². The molecule has 0 bridgehead atoms. The van der Waals surface area contributed by atoms with E-state index in [0.717, 1.165) is 11.3 Å². The van der Waals surface area contributed by atoms with Crippen molar-refractivity contribution in [2.75, 3.05) is 31.1 Å². The number of benzene rings is 3. The number of nitrogens with zero attached hydrogens (tertiary/aromatic N) is 2. The predicted molar refractivity (Wildman–Crippen MR) is 128 cm³/mol. The maximum absolute atomic E-state index is 13.2. The van der Waals surface area contributed by atoms with Crippen LogP contribution in [0.25, 0.3) is 0 Å². The van der Waals surface area contributed by atoms with Crippen LogP contribution in [0.15, 0.2) is 77.7 Å². The zero-order valence-electron chi connectivity index (χ0n) is 17.8. The van der Waals surface area contributed by atoms with Crippen LogP contribution in [0.3, 0.4) is 0 Å². The van der Waals surface area contributed by atoms with Crippen LogP contribution in [0, 0.1) is 0 Å². The SMILES string of the molecule is O=C(NCc1ccc(O)cc1)c1cc(S(=O)(=O)N2CCN(c3ccccc3)CC2)ccc1Cl. The minimum absolute atomic E-state index is 0.0369. The summed E-state index contributed by atoms with van der Waals surface area (Å²) in [7, 11) is -3.77. The van der Waals surface area contributed by atoms with Crippen molar-refractivity contribution in [2.24, 2.45) is 0 Å². The molecule has 2 N–H and O–H groups in total. The van der Waals surface area contributed by atoms with E-state index < -0.39 is 15.9 Å². The molecular formula is C24H24ClN3O4S. The average molecular weight is 486 g/mol. The topological polar surface area (TPSA) is 89.9 Å². The standard InChI is InChI=1S/C24H24ClN3O4S/c25-23-11-10-21(16-22(23)24(30)26-17-18-6-8-20(29)9-7-18)33(31,32)28-14-12-27(13-15-28)19-4-2-1-3-5-19/h1-11,16,29H,12-15,17H2,(H,26,30). The third kappa shape index (κ3) is 5.30. The summed E-state index contributed by atoms with van der Waals surface area (Å²) < 4.78 is 27.9. The van der Waals surface area contributed by atoms with Gasteiger partial charge in [0, 0.05) is 38.4 Å². The summed E-state index contributed by atoms with van der Waals surface area (Å²) >= 11 is 6.21. The predicted octanol–water partition coefficient (Wildman–Crippen LogP) is 3.49. The number of phenolic OH excluding ortho intramolecular Hbond substituents is 1. The third-order valence-corrected chi connectivity index (χ3v) is 7.79. The van der Waals surface area contributed by atoms with Crippen LogP contribution >= 0.6 is 11.6 Å². The Morgan fingerprint density at radius 3 is 2.27 bits per heavy atom. The normalized spacial score (nSPS) is 14.8. The first-order valence-corrected chi connectivity index (χ1v) is 12.3. The molecule has 1 amide bonds. The number of nitrogens with one attached hydrogen (secondary N) is 1. The number of sulfonamides is 1. The lowest BCUT2D eigenvalue weighted by molar-refractivity contribution is 0.0951. The van der Waals surface area contributed by atoms with Crippen molar-refractivity contribution < 1.29 is 18.3 Å². The second-order valence-corrected chi connectivity index (χ2v) is 10.1. The Balaban J connectivity index is 1.45. The van der Waals surface area contributed by atoms with Gasteiger partial charge in [0.25, 0.3) is 5.91 Å². The van der Waals surface area contributed by atoms with Crippen LogP contribution in [0.5, 0.6) is 5.75 Å². The maximum atomic E-state index is 13.2. The van der Waals surface area contributed by atoms with Gasteiger partial charge in [-0.15, -0.1) is 0 Å². The molecule has 0 spiro atoms. The van der Waals surface area contributed by atoms with Crippen LogP contribution in [0.1, 0.15) is 15.9 Å². The smallest absolute Gasteiger partial charge is 0.253 e. The van der Waals surface area contributed by atoms with Crippen LogP contribution < -0.4 is 10.2 Å². The van der Waals surface area contributed by atoms with Gasteiger partial charge in [-0.2, -0.15) is 4.31 Å². The number of hydrogen-bond donors (Lipinski definition) is 2. The highest BCUT2D eigenvalue weighted by Crippen LogP contribution is 2.25. The molecule has 0 saturated carbocycles. The van der Waals surface area contributed by atoms with Gasteiger partial charge in [0.2, 0.25) is 10.0 Å². The lowest BCUT2D eigenvalue weighted by atomic mass is 10.2. The van der Waals surface area contributed by atoms with Gasteiger partial charge in [0.1, 0.15) is 5.75 Å². The Hall–Kier alpha value is -3.07. The average Bonchev–Trinajstić information content (AvgIpc) is 2.84. The molecule has 1 saturated heterocycles. The fraction of sp³-hybridized carbons (Fsp3) is 0.208. The van der Waals surface area contributed by atoms with Gasteiger partial charge < -0.3 is 15.3 Å². The molecule has 9 heteroatoms. The molecule has 4 rings (SSSR count). The monoisotopic (exact) mass is 485 g/mol. The molecular weight excluding hydrogens is 462 g/mol. The highest BCUT2D eigenvalue weighted by Gasteiger charge is 2.29. The molecule has 0 atom stereocenters. The number of rotatable bonds is 6. The summed E-state index contributed by atoms with van der Waals surface area (Å²) in [6.45, 7) is 2.08. The first-order chi connectivity index (χ1) is 15.8. The van der Waals surface area contributed by atoms with Crippen LogP contribution in [-0.2, 0) is 16.6 Å². The van der Waals surface area contributed by atoms with Gasteiger partial charge in [0.05, 0.1) is 15.5 Å². The Kier molecular flexibility index (Phi) is 6.88. The van der Waals surface area contributed by atoms with Gasteiger partial charge in [-0.05, 0) is 48.0 Å². The van der Waals surface area contributed by atoms with Gasteiger partial charge in [-0.3, -0.25) is 4.79 Å². The molecule has 3 aromatic rings. The van der Waals surface area contributed by atoms with E-state index in [0.29, 0.717) is 26.2 Å². The molecule has 172 valence electrons. The molecule has 0 unspecified atom stereocenters. The number of aromatic hydroxyl groups is 1. The molecule has 1 fully saturated rings. The molecule has 1 heterocycles. The number of phenols is 1. The van der Waals surface area contributed by atoms with Crippen LogP contribution in [-0.4, -0.2) is 49.9 Å². The second kappa shape index (κ2) is 9.82. The van der Waals surface area contributed by atoms with Crippen molar-refractivity contribution in [3.8, 4) is 5.75 Å². The number of hydrogen-bond acceptors (Lipinski definition) is 5. The molecule has 33 heavy (non-hydrogen) atoms. The number of carbonyl (C=O) groups is 1. The van der Waals surface area contributed by atoms with E-state index in [1.165, 1.54) is 34.6 Å². The van der Waals surface area contributed by atoms with Gasteiger partial charge in [0.15, 0.2) is 0 Å². The van der Waals surface area contributed by atoms with E-state index in [2.05, 4.69) is 10.2 Å². The summed E-state index contributed by atoms with van der Waals surface area (Å²) in [5.74, 6) is -0.338. The van der Waals surface area contributed by atoms with Crippen molar-refractivity contribution >= 4 is 33.2 Å². The summed E-state index contributed by atoms with van der Waals surface area (Å²) in [5, 5.41) is 12.3. The first kappa shape index (κ1) is 23.1. The Morgan fingerprint density at radius 1 is 0.939 bits per heavy atom. The van der Waals surface area contributed by atoms with Crippen molar-refractivity contribution in [3.05, 3.63) is 88.9 Å². The summed E-state index contributed by atoms with van der Waals surface area (Å²) in [6.07, 6.45) is 0. The molecule has 3 aromatic carbocycles. The maximum Gasteiger partial charge on any atom is 0.253 e. The van der Waals surface area contributed by atoms with E-state index >= 15 is 0 Å². The van der Waals surface area contributed by atoms with E-state index in [-0.39, 0.29) is 27.8 Å². The lowest BCUT2D eigenvalue weighted by Gasteiger charge is -2.35. The highest BCUT2D eigenvalue weighted by atomic mass is 35.5. The minimum atomic E-state index is -3.77. The van der Waals surface area contributed by atoms with Gasteiger partial charge >= 0.3 is 0 Å². The molecule has 0 aliphatic carbocycles. The number of amides is 1.